The van der Waals surface area contributed by atoms with Crippen LogP contribution in [0.2, 0.25) is 10.2 Å². The molecule has 0 aliphatic heterocycles. The molecule has 0 fully saturated rings. The maximum Gasteiger partial charge on any atom is 0.355 e. The zero-order valence-corrected chi connectivity index (χ0v) is 8.61. The highest BCUT2D eigenvalue weighted by molar-refractivity contribution is 9.10. The van der Waals surface area contributed by atoms with Gasteiger partial charge < -0.3 is 5.11 Å². The van der Waals surface area contributed by atoms with Gasteiger partial charge >= 0.3 is 5.97 Å². The van der Waals surface area contributed by atoms with Crippen LogP contribution >= 0.6 is 39.1 Å². The Hall–Kier alpha value is -0.320. The zero-order valence-electron chi connectivity index (χ0n) is 5.51. The number of aromatic carboxylic acids is 1. The molecule has 0 spiro atoms. The molecule has 64 valence electrons. The van der Waals surface area contributed by atoms with Crippen molar-refractivity contribution in [2.24, 2.45) is 0 Å². The summed E-state index contributed by atoms with van der Waals surface area (Å²) < 4.78 is 0.237. The maximum absolute atomic E-state index is 10.5. The molecule has 0 amide bonds. The van der Waals surface area contributed by atoms with Crippen molar-refractivity contribution in [2.45, 2.75) is 0 Å². The van der Waals surface area contributed by atoms with Crippen LogP contribution in [0, 0.1) is 0 Å². The predicted octanol–water partition coefficient (Wildman–Crippen LogP) is 2.85. The molecule has 0 bridgehead atoms. The molecule has 0 aliphatic carbocycles. The minimum Gasteiger partial charge on any atom is -0.476 e. The lowest BCUT2D eigenvalue weighted by Gasteiger charge is -2.00. The van der Waals surface area contributed by atoms with Gasteiger partial charge in [-0.3, -0.25) is 0 Å². The van der Waals surface area contributed by atoms with Crippen LogP contribution in [0.1, 0.15) is 10.5 Å². The summed E-state index contributed by atoms with van der Waals surface area (Å²) in [5.41, 5.74) is -0.187. The van der Waals surface area contributed by atoms with Crippen LogP contribution in [-0.4, -0.2) is 16.1 Å². The van der Waals surface area contributed by atoms with Gasteiger partial charge in [-0.25, -0.2) is 9.78 Å². The molecule has 0 radical (unpaired) electrons. The summed E-state index contributed by atoms with van der Waals surface area (Å²) in [5, 5.41) is 8.89. The topological polar surface area (TPSA) is 50.2 Å². The summed E-state index contributed by atoms with van der Waals surface area (Å²) >= 11 is 14.1. The number of halogens is 3. The SMILES string of the molecule is O=C(O)c1nc(Cl)cc(Cl)c1Br. The summed E-state index contributed by atoms with van der Waals surface area (Å²) in [6.45, 7) is 0. The van der Waals surface area contributed by atoms with Crippen LogP contribution in [-0.2, 0) is 0 Å². The maximum atomic E-state index is 10.5. The van der Waals surface area contributed by atoms with Gasteiger partial charge in [0.15, 0.2) is 5.69 Å². The van der Waals surface area contributed by atoms with Gasteiger partial charge in [0.2, 0.25) is 0 Å². The summed E-state index contributed by atoms with van der Waals surface area (Å²) in [6, 6.07) is 1.36. The van der Waals surface area contributed by atoms with Gasteiger partial charge in [0.25, 0.3) is 0 Å². The Kier molecular flexibility index (Phi) is 2.93. The van der Waals surface area contributed by atoms with Crippen LogP contribution in [0.3, 0.4) is 0 Å². The first-order valence-electron chi connectivity index (χ1n) is 2.77. The van der Waals surface area contributed by atoms with E-state index in [1.807, 2.05) is 0 Å². The molecule has 12 heavy (non-hydrogen) atoms. The number of nitrogens with zero attached hydrogens (tertiary/aromatic N) is 1. The smallest absolute Gasteiger partial charge is 0.355 e. The van der Waals surface area contributed by atoms with E-state index in [1.165, 1.54) is 6.07 Å². The van der Waals surface area contributed by atoms with Crippen molar-refractivity contribution >= 4 is 45.1 Å². The van der Waals surface area contributed by atoms with Crippen molar-refractivity contribution in [2.75, 3.05) is 0 Å². The Morgan fingerprint density at radius 3 is 2.67 bits per heavy atom. The Morgan fingerprint density at radius 1 is 1.58 bits per heavy atom. The first-order valence-corrected chi connectivity index (χ1v) is 4.32. The lowest BCUT2D eigenvalue weighted by molar-refractivity contribution is 0.0689. The molecule has 0 unspecified atom stereocenters. The number of aromatic nitrogens is 1. The molecule has 0 atom stereocenters. The number of hydrogen-bond donors (Lipinski definition) is 1. The molecular formula is C6H2BrCl2NO2. The van der Waals surface area contributed by atoms with E-state index in [9.17, 15) is 4.79 Å². The molecule has 1 N–H and O–H groups in total. The first kappa shape index (κ1) is 9.77. The highest BCUT2D eigenvalue weighted by atomic mass is 79.9. The lowest BCUT2D eigenvalue weighted by atomic mass is 10.3. The van der Waals surface area contributed by atoms with Gasteiger partial charge in [0, 0.05) is 0 Å². The third kappa shape index (κ3) is 1.88. The molecule has 0 saturated carbocycles. The molecule has 3 nitrogen and oxygen atoms in total. The molecule has 0 aliphatic rings. The minimum absolute atomic E-state index is 0.0561. The number of rotatable bonds is 1. The summed E-state index contributed by atoms with van der Waals surface area (Å²) in [4.78, 5) is 14.1. The number of pyridine rings is 1. The van der Waals surface area contributed by atoms with Gasteiger partial charge in [-0.05, 0) is 22.0 Å². The second-order valence-electron chi connectivity index (χ2n) is 1.89. The quantitative estimate of drug-likeness (QED) is 0.799. The van der Waals surface area contributed by atoms with E-state index < -0.39 is 5.97 Å². The van der Waals surface area contributed by atoms with Gasteiger partial charge in [-0.1, -0.05) is 23.2 Å². The van der Waals surface area contributed by atoms with Crippen LogP contribution in [0.4, 0.5) is 0 Å². The van der Waals surface area contributed by atoms with Crippen molar-refractivity contribution in [3.63, 3.8) is 0 Å². The molecular weight excluding hydrogens is 269 g/mol. The van der Waals surface area contributed by atoms with E-state index in [0.717, 1.165) is 0 Å². The summed E-state index contributed by atoms with van der Waals surface area (Å²) in [6.07, 6.45) is 0. The monoisotopic (exact) mass is 269 g/mol. The number of hydrogen-bond acceptors (Lipinski definition) is 2. The van der Waals surface area contributed by atoms with Crippen molar-refractivity contribution in [1.82, 2.24) is 4.98 Å². The van der Waals surface area contributed by atoms with Crippen molar-refractivity contribution in [3.8, 4) is 0 Å². The second kappa shape index (κ2) is 3.60. The van der Waals surface area contributed by atoms with Crippen LogP contribution < -0.4 is 0 Å². The van der Waals surface area contributed by atoms with E-state index in [-0.39, 0.29) is 20.3 Å². The summed E-state index contributed by atoms with van der Waals surface area (Å²) in [7, 11) is 0. The van der Waals surface area contributed by atoms with Gasteiger partial charge in [-0.15, -0.1) is 0 Å². The molecule has 1 aromatic heterocycles. The fourth-order valence-electron chi connectivity index (χ4n) is 0.611. The fourth-order valence-corrected chi connectivity index (χ4v) is 1.43. The van der Waals surface area contributed by atoms with Crippen molar-refractivity contribution in [1.29, 1.82) is 0 Å². The molecule has 1 heterocycles. The van der Waals surface area contributed by atoms with E-state index in [1.54, 1.807) is 0 Å². The van der Waals surface area contributed by atoms with Crippen LogP contribution in [0.15, 0.2) is 10.5 Å². The lowest BCUT2D eigenvalue weighted by Crippen LogP contribution is -2.01. The Morgan fingerprint density at radius 2 is 2.17 bits per heavy atom. The number of carboxylic acid groups (broad SMARTS) is 1. The van der Waals surface area contributed by atoms with Crippen LogP contribution in [0.25, 0.3) is 0 Å². The average Bonchev–Trinajstić information content (AvgIpc) is 1.96. The highest BCUT2D eigenvalue weighted by Gasteiger charge is 2.14. The largest absolute Gasteiger partial charge is 0.476 e. The average molecular weight is 271 g/mol. The molecule has 0 saturated heterocycles. The Bertz CT molecular complexity index is 343. The standard InChI is InChI=1S/C6H2BrCl2NO2/c7-4-2(8)1-3(9)10-5(4)6(11)12/h1H,(H,11,12). The number of carbonyl (C=O) groups is 1. The highest BCUT2D eigenvalue weighted by Crippen LogP contribution is 2.27. The number of carboxylic acids is 1. The Balaban J connectivity index is 3.37. The van der Waals surface area contributed by atoms with Crippen molar-refractivity contribution < 1.29 is 9.90 Å². The molecule has 0 aromatic carbocycles. The third-order valence-electron chi connectivity index (χ3n) is 1.08. The predicted molar refractivity (Wildman–Crippen MR) is 48.9 cm³/mol. The zero-order chi connectivity index (χ0) is 9.30. The van der Waals surface area contributed by atoms with Gasteiger partial charge in [0.1, 0.15) is 5.15 Å². The molecule has 1 aromatic rings. The summed E-state index contributed by atoms with van der Waals surface area (Å²) in [5.74, 6) is -1.17. The van der Waals surface area contributed by atoms with E-state index >= 15 is 0 Å². The van der Waals surface area contributed by atoms with Gasteiger partial charge in [0.05, 0.1) is 9.50 Å². The van der Waals surface area contributed by atoms with E-state index in [2.05, 4.69) is 20.9 Å². The van der Waals surface area contributed by atoms with E-state index in [4.69, 9.17) is 28.3 Å². The fraction of sp³-hybridized carbons (Fsp3) is 0. The van der Waals surface area contributed by atoms with E-state index in [0.29, 0.717) is 0 Å². The Labute approximate surface area is 86.4 Å². The van der Waals surface area contributed by atoms with Crippen LogP contribution in [0.5, 0.6) is 0 Å². The third-order valence-corrected chi connectivity index (χ3v) is 2.61. The first-order chi connectivity index (χ1) is 5.52. The second-order valence-corrected chi connectivity index (χ2v) is 3.48. The minimum atomic E-state index is -1.17. The molecule has 1 rings (SSSR count). The molecule has 6 heteroatoms. The van der Waals surface area contributed by atoms with Gasteiger partial charge in [-0.2, -0.15) is 0 Å². The van der Waals surface area contributed by atoms with Crippen molar-refractivity contribution in [3.05, 3.63) is 26.4 Å². The normalized spacial score (nSPS) is 9.92.